The van der Waals surface area contributed by atoms with E-state index in [-0.39, 0.29) is 0 Å². The molecule has 222 valence electrons. The molecule has 0 unspecified atom stereocenters. The van der Waals surface area contributed by atoms with Crippen LogP contribution in [0.15, 0.2) is 0 Å². The molecule has 1 aliphatic heterocycles. The fraction of sp³-hybridized carbons (Fsp3) is 1.00. The summed E-state index contributed by atoms with van der Waals surface area (Å²) in [7, 11) is -2.44. The van der Waals surface area contributed by atoms with Gasteiger partial charge in [0, 0.05) is 65.1 Å². The molecule has 1 rings (SSSR count). The Kier molecular flexibility index (Phi) is 22.5. The second-order valence-electron chi connectivity index (χ2n) is 10.8. The van der Waals surface area contributed by atoms with Gasteiger partial charge in [0.05, 0.1) is 0 Å². The van der Waals surface area contributed by atoms with Crippen molar-refractivity contribution >= 4 is 8.80 Å². The van der Waals surface area contributed by atoms with Crippen molar-refractivity contribution in [3.05, 3.63) is 0 Å². The molecule has 0 amide bonds. The van der Waals surface area contributed by atoms with Crippen LogP contribution in [0.4, 0.5) is 0 Å². The van der Waals surface area contributed by atoms with Crippen molar-refractivity contribution in [2.45, 2.75) is 118 Å². The average Bonchev–Trinajstić information content (AvgIpc) is 2.90. The van der Waals surface area contributed by atoms with Crippen LogP contribution in [0.2, 0.25) is 6.04 Å². The minimum atomic E-state index is -2.44. The van der Waals surface area contributed by atoms with Gasteiger partial charge >= 0.3 is 8.80 Å². The molecule has 0 bridgehead atoms. The van der Waals surface area contributed by atoms with E-state index in [0.717, 1.165) is 12.5 Å². The van der Waals surface area contributed by atoms with Gasteiger partial charge in [-0.2, -0.15) is 0 Å². The molecule has 0 aliphatic carbocycles. The van der Waals surface area contributed by atoms with Gasteiger partial charge in [-0.05, 0) is 66.1 Å². The summed E-state index contributed by atoms with van der Waals surface area (Å²) in [5, 5.41) is 0. The van der Waals surface area contributed by atoms with E-state index < -0.39 is 8.80 Å². The van der Waals surface area contributed by atoms with Gasteiger partial charge in [-0.15, -0.1) is 0 Å². The first-order chi connectivity index (χ1) is 18.1. The molecule has 6 nitrogen and oxygen atoms in total. The summed E-state index contributed by atoms with van der Waals surface area (Å²) >= 11 is 0. The van der Waals surface area contributed by atoms with Crippen LogP contribution < -0.4 is 0 Å². The summed E-state index contributed by atoms with van der Waals surface area (Å²) in [6.45, 7) is 24.2. The van der Waals surface area contributed by atoms with E-state index >= 15 is 0 Å². The van der Waals surface area contributed by atoms with Gasteiger partial charge in [-0.25, -0.2) is 0 Å². The van der Waals surface area contributed by atoms with Gasteiger partial charge < -0.3 is 23.1 Å². The highest BCUT2D eigenvalue weighted by Gasteiger charge is 2.39. The normalized spacial score (nSPS) is 15.7. The highest BCUT2D eigenvalue weighted by molar-refractivity contribution is 6.60. The van der Waals surface area contributed by atoms with Gasteiger partial charge in [0.2, 0.25) is 0 Å². The van der Waals surface area contributed by atoms with E-state index in [1.54, 1.807) is 0 Å². The maximum atomic E-state index is 5.98. The summed E-state index contributed by atoms with van der Waals surface area (Å²) in [6, 6.07) is 0.960. The standard InChI is InChI=1S/C30H65N3O3Si/c1-6-11-17-21-31(22-18-12-7-2)24-27-33-28-25-32(26-29-33)23-19-15-13-14-16-20-30-37(34-8-3,35-9-4)36-10-5/h6-30H2,1-5H3. The Morgan fingerprint density at radius 2 is 0.973 bits per heavy atom. The van der Waals surface area contributed by atoms with Crippen molar-refractivity contribution in [2.75, 3.05) is 78.7 Å². The van der Waals surface area contributed by atoms with Crippen molar-refractivity contribution in [2.24, 2.45) is 0 Å². The maximum Gasteiger partial charge on any atom is 0.500 e. The Morgan fingerprint density at radius 1 is 0.514 bits per heavy atom. The van der Waals surface area contributed by atoms with Gasteiger partial charge in [-0.1, -0.05) is 65.2 Å². The Labute approximate surface area is 233 Å². The highest BCUT2D eigenvalue weighted by atomic mass is 28.4. The zero-order chi connectivity index (χ0) is 27.0. The molecule has 1 fully saturated rings. The van der Waals surface area contributed by atoms with Crippen molar-refractivity contribution in [3.8, 4) is 0 Å². The number of piperazine rings is 1. The summed E-state index contributed by atoms with van der Waals surface area (Å²) in [5.41, 5.74) is 0. The van der Waals surface area contributed by atoms with Crippen LogP contribution in [-0.2, 0) is 13.3 Å². The fourth-order valence-electron chi connectivity index (χ4n) is 5.41. The zero-order valence-corrected chi connectivity index (χ0v) is 26.7. The first-order valence-corrected chi connectivity index (χ1v) is 18.1. The summed E-state index contributed by atoms with van der Waals surface area (Å²) in [5.74, 6) is 0. The first-order valence-electron chi connectivity index (χ1n) is 16.2. The van der Waals surface area contributed by atoms with Crippen LogP contribution in [0.3, 0.4) is 0 Å². The number of hydrogen-bond donors (Lipinski definition) is 0. The van der Waals surface area contributed by atoms with E-state index in [1.165, 1.54) is 130 Å². The number of rotatable bonds is 26. The van der Waals surface area contributed by atoms with Gasteiger partial charge in [0.25, 0.3) is 0 Å². The van der Waals surface area contributed by atoms with Crippen molar-refractivity contribution < 1.29 is 13.3 Å². The molecule has 0 aromatic carbocycles. The van der Waals surface area contributed by atoms with Crippen LogP contribution in [0.5, 0.6) is 0 Å². The predicted molar refractivity (Wildman–Crippen MR) is 162 cm³/mol. The molecule has 1 saturated heterocycles. The molecule has 0 aromatic heterocycles. The monoisotopic (exact) mass is 543 g/mol. The molecule has 0 radical (unpaired) electrons. The molecule has 0 N–H and O–H groups in total. The second kappa shape index (κ2) is 23.8. The summed E-state index contributed by atoms with van der Waals surface area (Å²) in [4.78, 5) is 8.15. The van der Waals surface area contributed by atoms with Crippen LogP contribution in [0.25, 0.3) is 0 Å². The second-order valence-corrected chi connectivity index (χ2v) is 13.5. The van der Waals surface area contributed by atoms with Gasteiger partial charge in [0.15, 0.2) is 0 Å². The third-order valence-corrected chi connectivity index (χ3v) is 10.8. The van der Waals surface area contributed by atoms with Crippen molar-refractivity contribution in [1.29, 1.82) is 0 Å². The lowest BCUT2D eigenvalue weighted by Crippen LogP contribution is -2.48. The van der Waals surface area contributed by atoms with E-state index in [1.807, 2.05) is 20.8 Å². The molecule has 37 heavy (non-hydrogen) atoms. The Bertz CT molecular complexity index is 466. The fourth-order valence-corrected chi connectivity index (χ4v) is 8.10. The molecule has 1 heterocycles. The van der Waals surface area contributed by atoms with E-state index in [4.69, 9.17) is 13.3 Å². The number of nitrogens with zero attached hydrogens (tertiary/aromatic N) is 3. The van der Waals surface area contributed by atoms with Crippen LogP contribution in [0, 0.1) is 0 Å². The zero-order valence-electron chi connectivity index (χ0n) is 25.7. The molecule has 0 spiro atoms. The first kappa shape index (κ1) is 35.0. The Morgan fingerprint density at radius 3 is 1.46 bits per heavy atom. The SMILES string of the molecule is CCCCCN(CCCCC)CCN1CCN(CCCCCCCC[Si](OCC)(OCC)OCC)CC1. The summed E-state index contributed by atoms with van der Waals surface area (Å²) in [6.07, 6.45) is 15.9. The number of hydrogen-bond acceptors (Lipinski definition) is 6. The molecular weight excluding hydrogens is 478 g/mol. The lowest BCUT2D eigenvalue weighted by molar-refractivity contribution is 0.0706. The smallest absolute Gasteiger partial charge is 0.374 e. The van der Waals surface area contributed by atoms with E-state index in [0.29, 0.717) is 19.8 Å². The molecule has 0 aromatic rings. The summed E-state index contributed by atoms with van der Waals surface area (Å²) < 4.78 is 17.9. The van der Waals surface area contributed by atoms with E-state index in [9.17, 15) is 0 Å². The molecular formula is C30H65N3O3Si. The van der Waals surface area contributed by atoms with Crippen LogP contribution >= 0.6 is 0 Å². The molecule has 0 saturated carbocycles. The maximum absolute atomic E-state index is 5.98. The van der Waals surface area contributed by atoms with Crippen molar-refractivity contribution in [3.63, 3.8) is 0 Å². The van der Waals surface area contributed by atoms with Crippen LogP contribution in [0.1, 0.15) is 112 Å². The highest BCUT2D eigenvalue weighted by Crippen LogP contribution is 2.20. The topological polar surface area (TPSA) is 37.4 Å². The van der Waals surface area contributed by atoms with Crippen LogP contribution in [-0.4, -0.2) is 102 Å². The third kappa shape index (κ3) is 17.3. The van der Waals surface area contributed by atoms with E-state index in [2.05, 4.69) is 28.5 Å². The van der Waals surface area contributed by atoms with Gasteiger partial charge in [0.1, 0.15) is 0 Å². The van der Waals surface area contributed by atoms with Gasteiger partial charge in [-0.3, -0.25) is 4.90 Å². The Balaban J connectivity index is 2.12. The lowest BCUT2D eigenvalue weighted by Gasteiger charge is -2.36. The molecule has 0 atom stereocenters. The molecule has 7 heteroatoms. The number of unbranched alkanes of at least 4 members (excludes halogenated alkanes) is 9. The quantitative estimate of drug-likeness (QED) is 0.0895. The average molecular weight is 544 g/mol. The largest absolute Gasteiger partial charge is 0.500 e. The molecule has 1 aliphatic rings. The lowest BCUT2D eigenvalue weighted by atomic mass is 10.1. The van der Waals surface area contributed by atoms with Crippen molar-refractivity contribution in [1.82, 2.24) is 14.7 Å². The Hall–Kier alpha value is -0.0231. The minimum Gasteiger partial charge on any atom is -0.374 e. The minimum absolute atomic E-state index is 0.678. The predicted octanol–water partition coefficient (Wildman–Crippen LogP) is 6.68. The third-order valence-electron chi connectivity index (χ3n) is 7.65.